The zero-order chi connectivity index (χ0) is 9.42. The van der Waals surface area contributed by atoms with Gasteiger partial charge in [0.25, 0.3) is 0 Å². The van der Waals surface area contributed by atoms with E-state index >= 15 is 0 Å². The lowest BCUT2D eigenvalue weighted by Crippen LogP contribution is -1.91. The Hall–Kier alpha value is -0.810. The van der Waals surface area contributed by atoms with Crippen molar-refractivity contribution in [1.29, 1.82) is 0 Å². The summed E-state index contributed by atoms with van der Waals surface area (Å²) in [6, 6.07) is 1.84. The van der Waals surface area contributed by atoms with Crippen LogP contribution in [-0.2, 0) is 6.42 Å². The third-order valence-electron chi connectivity index (χ3n) is 1.70. The molecule has 2 aromatic heterocycles. The van der Waals surface area contributed by atoms with E-state index in [0.717, 1.165) is 16.1 Å². The minimum absolute atomic E-state index is 0.0622. The highest BCUT2D eigenvalue weighted by atomic mass is 32.2. The Balaban J connectivity index is 2.75. The molecule has 0 aromatic carbocycles. The van der Waals surface area contributed by atoms with Crippen LogP contribution in [0.4, 0.5) is 0 Å². The molecule has 2 rings (SSSR count). The fourth-order valence-electron chi connectivity index (χ4n) is 1.11. The van der Waals surface area contributed by atoms with Gasteiger partial charge in [0.1, 0.15) is 10.5 Å². The Morgan fingerprint density at radius 3 is 3.00 bits per heavy atom. The molecule has 0 aliphatic heterocycles. The van der Waals surface area contributed by atoms with Crippen LogP contribution in [0.5, 0.6) is 5.88 Å². The van der Waals surface area contributed by atoms with E-state index in [1.54, 1.807) is 0 Å². The highest BCUT2D eigenvalue weighted by Gasteiger charge is 2.08. The van der Waals surface area contributed by atoms with Crippen molar-refractivity contribution in [3.05, 3.63) is 11.9 Å². The average molecular weight is 212 g/mol. The molecule has 5 heteroatoms. The van der Waals surface area contributed by atoms with Crippen LogP contribution in [-0.4, -0.2) is 15.1 Å². The summed E-state index contributed by atoms with van der Waals surface area (Å²) in [4.78, 5) is 8.22. The molecule has 2 aromatic rings. The number of nitrogens with zero attached hydrogens (tertiary/aromatic N) is 2. The highest BCUT2D eigenvalue weighted by Crippen LogP contribution is 2.32. The van der Waals surface area contributed by atoms with Gasteiger partial charge in [-0.15, -0.1) is 24.0 Å². The van der Waals surface area contributed by atoms with E-state index in [1.165, 1.54) is 11.3 Å². The predicted octanol–water partition coefficient (Wildman–Crippen LogP) is 2.25. The highest BCUT2D eigenvalue weighted by molar-refractivity contribution is 7.83. The zero-order valence-electron chi connectivity index (χ0n) is 6.98. The number of aromatic hydroxyl groups is 1. The maximum absolute atomic E-state index is 9.52. The van der Waals surface area contributed by atoms with Crippen LogP contribution < -0.4 is 0 Å². The molecule has 0 amide bonds. The standard InChI is InChI=1S/C8H8N2OS2/c1-2-5-9-4-3-6(12)13-7(4)8(11)10-5/h3,12H,2H2,1H3,(H,9,10,11). The molecular weight excluding hydrogens is 204 g/mol. The van der Waals surface area contributed by atoms with Crippen molar-refractivity contribution < 1.29 is 5.11 Å². The molecule has 0 saturated carbocycles. The van der Waals surface area contributed by atoms with Crippen LogP contribution in [0.3, 0.4) is 0 Å². The van der Waals surface area contributed by atoms with E-state index in [9.17, 15) is 5.11 Å². The van der Waals surface area contributed by atoms with Gasteiger partial charge >= 0.3 is 0 Å². The summed E-state index contributed by atoms with van der Waals surface area (Å²) >= 11 is 5.58. The third-order valence-corrected chi connectivity index (χ3v) is 3.03. The molecular formula is C8H8N2OS2. The van der Waals surface area contributed by atoms with E-state index in [-0.39, 0.29) is 5.88 Å². The molecule has 0 spiro atoms. The first-order valence-corrected chi connectivity index (χ1v) is 5.15. The fourth-order valence-corrected chi connectivity index (χ4v) is 2.23. The number of aryl methyl sites for hydroxylation is 1. The van der Waals surface area contributed by atoms with Crippen LogP contribution >= 0.6 is 24.0 Å². The molecule has 0 saturated heterocycles. The predicted molar refractivity (Wildman–Crippen MR) is 55.7 cm³/mol. The van der Waals surface area contributed by atoms with Crippen molar-refractivity contribution in [3.8, 4) is 5.88 Å². The van der Waals surface area contributed by atoms with Crippen LogP contribution in [0, 0.1) is 0 Å². The first kappa shape index (κ1) is 8.77. The first-order valence-electron chi connectivity index (χ1n) is 3.89. The molecule has 2 heterocycles. The van der Waals surface area contributed by atoms with Gasteiger partial charge < -0.3 is 5.11 Å². The summed E-state index contributed by atoms with van der Waals surface area (Å²) in [6.45, 7) is 1.95. The van der Waals surface area contributed by atoms with Crippen LogP contribution in [0.15, 0.2) is 10.3 Å². The molecule has 3 nitrogen and oxygen atoms in total. The van der Waals surface area contributed by atoms with Crippen LogP contribution in [0.1, 0.15) is 12.7 Å². The van der Waals surface area contributed by atoms with Gasteiger partial charge in [-0.05, 0) is 6.07 Å². The Bertz CT molecular complexity index is 453. The summed E-state index contributed by atoms with van der Waals surface area (Å²) in [5.74, 6) is 0.725. The molecule has 1 N–H and O–H groups in total. The van der Waals surface area contributed by atoms with E-state index in [0.29, 0.717) is 10.5 Å². The lowest BCUT2D eigenvalue weighted by Gasteiger charge is -1.96. The van der Waals surface area contributed by atoms with Gasteiger partial charge in [0, 0.05) is 6.42 Å². The minimum Gasteiger partial charge on any atom is -0.492 e. The second-order valence-corrected chi connectivity index (χ2v) is 4.45. The van der Waals surface area contributed by atoms with E-state index in [1.807, 2.05) is 13.0 Å². The van der Waals surface area contributed by atoms with Gasteiger partial charge in [0.2, 0.25) is 5.88 Å². The van der Waals surface area contributed by atoms with Gasteiger partial charge in [-0.3, -0.25) is 0 Å². The number of fused-ring (bicyclic) bond motifs is 1. The number of hydrogen-bond acceptors (Lipinski definition) is 5. The molecule has 0 bridgehead atoms. The van der Waals surface area contributed by atoms with Gasteiger partial charge in [0.05, 0.1) is 9.73 Å². The molecule has 13 heavy (non-hydrogen) atoms. The van der Waals surface area contributed by atoms with Crippen molar-refractivity contribution in [2.45, 2.75) is 17.6 Å². The quantitative estimate of drug-likeness (QED) is 0.713. The molecule has 0 radical (unpaired) electrons. The maximum Gasteiger partial charge on any atom is 0.232 e. The second-order valence-electron chi connectivity index (χ2n) is 2.62. The van der Waals surface area contributed by atoms with Crippen molar-refractivity contribution in [2.75, 3.05) is 0 Å². The van der Waals surface area contributed by atoms with Gasteiger partial charge in [-0.2, -0.15) is 4.98 Å². The summed E-state index contributed by atoms with van der Waals surface area (Å²) < 4.78 is 1.55. The second kappa shape index (κ2) is 3.16. The largest absolute Gasteiger partial charge is 0.492 e. The summed E-state index contributed by atoms with van der Waals surface area (Å²) in [5.41, 5.74) is 0.777. The monoisotopic (exact) mass is 212 g/mol. The van der Waals surface area contributed by atoms with E-state index in [2.05, 4.69) is 22.6 Å². The van der Waals surface area contributed by atoms with E-state index < -0.39 is 0 Å². The summed E-state index contributed by atoms with van der Waals surface area (Å²) in [6.07, 6.45) is 0.723. The lowest BCUT2D eigenvalue weighted by atomic mass is 10.4. The Labute approximate surface area is 84.9 Å². The SMILES string of the molecule is CCc1nc(O)c2sc(S)cc2n1. The number of rotatable bonds is 1. The number of hydrogen-bond donors (Lipinski definition) is 2. The van der Waals surface area contributed by atoms with Crippen molar-refractivity contribution in [2.24, 2.45) is 0 Å². The van der Waals surface area contributed by atoms with Crippen molar-refractivity contribution >= 4 is 34.2 Å². The molecule has 0 aliphatic rings. The van der Waals surface area contributed by atoms with Crippen molar-refractivity contribution in [3.63, 3.8) is 0 Å². The van der Waals surface area contributed by atoms with Crippen LogP contribution in [0.2, 0.25) is 0 Å². The average Bonchev–Trinajstić information content (AvgIpc) is 2.46. The van der Waals surface area contributed by atoms with Crippen molar-refractivity contribution in [1.82, 2.24) is 9.97 Å². The summed E-state index contributed by atoms with van der Waals surface area (Å²) in [7, 11) is 0. The third kappa shape index (κ3) is 1.49. The molecule has 0 fully saturated rings. The molecule has 0 aliphatic carbocycles. The first-order chi connectivity index (χ1) is 6.20. The van der Waals surface area contributed by atoms with Gasteiger partial charge in [-0.1, -0.05) is 6.92 Å². The Morgan fingerprint density at radius 1 is 1.54 bits per heavy atom. The maximum atomic E-state index is 9.52. The minimum atomic E-state index is 0.0622. The normalized spacial score (nSPS) is 10.9. The molecule has 0 atom stereocenters. The molecule has 68 valence electrons. The Morgan fingerprint density at radius 2 is 2.31 bits per heavy atom. The zero-order valence-corrected chi connectivity index (χ0v) is 8.69. The fraction of sp³-hybridized carbons (Fsp3) is 0.250. The number of aromatic nitrogens is 2. The summed E-state index contributed by atoms with van der Waals surface area (Å²) in [5, 5.41) is 9.52. The van der Waals surface area contributed by atoms with Crippen LogP contribution in [0.25, 0.3) is 10.2 Å². The lowest BCUT2D eigenvalue weighted by molar-refractivity contribution is 0.457. The Kier molecular flexibility index (Phi) is 2.13. The van der Waals surface area contributed by atoms with Gasteiger partial charge in [0.15, 0.2) is 0 Å². The topological polar surface area (TPSA) is 46.0 Å². The number of thiol groups is 1. The van der Waals surface area contributed by atoms with E-state index in [4.69, 9.17) is 0 Å². The number of thiophene rings is 1. The van der Waals surface area contributed by atoms with Gasteiger partial charge in [-0.25, -0.2) is 4.98 Å². The molecule has 0 unspecified atom stereocenters. The smallest absolute Gasteiger partial charge is 0.232 e.